The third-order valence-corrected chi connectivity index (χ3v) is 3.52. The largest absolute Gasteiger partial charge is 0.463 e. The molecule has 1 aliphatic heterocycles. The number of rotatable bonds is 6. The summed E-state index contributed by atoms with van der Waals surface area (Å²) in [6, 6.07) is 0. The zero-order valence-electron chi connectivity index (χ0n) is 18.6. The van der Waals surface area contributed by atoms with E-state index in [-0.39, 0.29) is 0 Å². The van der Waals surface area contributed by atoms with Crippen LogP contribution in [-0.2, 0) is 42.9 Å². The second-order valence-corrected chi connectivity index (χ2v) is 5.49. The fourth-order valence-corrected chi connectivity index (χ4v) is 2.63. The lowest BCUT2D eigenvalue weighted by atomic mass is 9.97. The van der Waals surface area contributed by atoms with Crippen LogP contribution in [0.3, 0.4) is 0 Å². The first kappa shape index (κ1) is 16.0. The van der Waals surface area contributed by atoms with Crippen molar-refractivity contribution < 1.29 is 48.3 Å². The number of nitrogens with zero attached hydrogens (tertiary/aromatic N) is 3. The molecule has 5 atom stereocenters. The van der Waals surface area contributed by atoms with Crippen LogP contribution in [0.2, 0.25) is 0 Å². The van der Waals surface area contributed by atoms with Crippen LogP contribution >= 0.6 is 0 Å². The molecule has 0 amide bonds. The van der Waals surface area contributed by atoms with Gasteiger partial charge in [0.25, 0.3) is 0 Å². The molecule has 1 unspecified atom stereocenters. The maximum absolute atomic E-state index is 11.9. The SMILES string of the molecule is [2H]CC(=O)OC[C@H]1OC(n2ccnn2)[C@H](OC(=O)C[2H])[C@@H](OC(=O)C[2H])[C@H]1OC(=O)C[2H]. The van der Waals surface area contributed by atoms with Gasteiger partial charge in [0.15, 0.2) is 24.5 Å². The van der Waals surface area contributed by atoms with Gasteiger partial charge in [-0.05, 0) is 0 Å². The Balaban J connectivity index is 2.49. The summed E-state index contributed by atoms with van der Waals surface area (Å²) < 4.78 is 56.1. The Morgan fingerprint density at radius 3 is 2.14 bits per heavy atom. The minimum Gasteiger partial charge on any atom is -0.463 e. The third-order valence-electron chi connectivity index (χ3n) is 3.52. The van der Waals surface area contributed by atoms with Crippen molar-refractivity contribution in [3.8, 4) is 0 Å². The van der Waals surface area contributed by atoms with Crippen molar-refractivity contribution >= 4 is 23.9 Å². The molecule has 1 aromatic rings. The number of ether oxygens (including phenoxy) is 5. The van der Waals surface area contributed by atoms with Gasteiger partial charge in [-0.1, -0.05) is 5.21 Å². The van der Waals surface area contributed by atoms with Gasteiger partial charge in [-0.3, -0.25) is 19.2 Å². The average molecular weight is 403 g/mol. The van der Waals surface area contributed by atoms with E-state index < -0.39 is 88.7 Å². The molecule has 0 bridgehead atoms. The smallest absolute Gasteiger partial charge is 0.303 e. The van der Waals surface area contributed by atoms with Crippen LogP contribution < -0.4 is 0 Å². The summed E-state index contributed by atoms with van der Waals surface area (Å²) in [6.45, 7) is -3.66. The zero-order chi connectivity index (χ0) is 23.7. The molecule has 2 rings (SSSR count). The highest BCUT2D eigenvalue weighted by Crippen LogP contribution is 2.34. The molecule has 0 aliphatic carbocycles. The van der Waals surface area contributed by atoms with Crippen molar-refractivity contribution in [2.24, 2.45) is 0 Å². The summed E-state index contributed by atoms with van der Waals surface area (Å²) in [4.78, 5) is 47.2. The molecule has 0 radical (unpaired) electrons. The Morgan fingerprint density at radius 2 is 1.57 bits per heavy atom. The van der Waals surface area contributed by atoms with E-state index >= 15 is 0 Å². The van der Waals surface area contributed by atoms with Crippen LogP contribution in [0.1, 0.15) is 39.3 Å². The van der Waals surface area contributed by atoms with Gasteiger partial charge in [0.1, 0.15) is 12.7 Å². The van der Waals surface area contributed by atoms with Gasteiger partial charge >= 0.3 is 23.9 Å². The Labute approximate surface area is 165 Å². The molecule has 12 nitrogen and oxygen atoms in total. The second-order valence-electron chi connectivity index (χ2n) is 5.49. The van der Waals surface area contributed by atoms with Crippen LogP contribution in [0.4, 0.5) is 0 Å². The minimum atomic E-state index is -1.57. The summed E-state index contributed by atoms with van der Waals surface area (Å²) in [5.41, 5.74) is 0. The Bertz CT molecular complexity index is 798. The Kier molecular flexibility index (Phi) is 5.29. The van der Waals surface area contributed by atoms with Gasteiger partial charge in [-0.15, -0.1) is 5.10 Å². The molecule has 0 saturated carbocycles. The predicted octanol–water partition coefficient (Wildman–Crippen LogP) is -0.466. The molecular weight excluding hydrogens is 378 g/mol. The van der Waals surface area contributed by atoms with E-state index in [0.717, 1.165) is 4.68 Å². The van der Waals surface area contributed by atoms with E-state index in [1.165, 1.54) is 12.4 Å². The summed E-state index contributed by atoms with van der Waals surface area (Å²) >= 11 is 0. The summed E-state index contributed by atoms with van der Waals surface area (Å²) in [5, 5.41) is 7.38. The van der Waals surface area contributed by atoms with Crippen molar-refractivity contribution in [2.45, 2.75) is 58.2 Å². The van der Waals surface area contributed by atoms with Crippen LogP contribution in [-0.4, -0.2) is 69.9 Å². The lowest BCUT2D eigenvalue weighted by Crippen LogP contribution is -2.60. The van der Waals surface area contributed by atoms with E-state index in [9.17, 15) is 19.2 Å². The first-order valence-electron chi connectivity index (χ1n) is 10.6. The number of carbonyl (C=O) groups excluding carboxylic acids is 4. The first-order valence-corrected chi connectivity index (χ1v) is 7.76. The third kappa shape index (κ3) is 5.49. The molecule has 28 heavy (non-hydrogen) atoms. The van der Waals surface area contributed by atoms with E-state index in [1.54, 1.807) is 0 Å². The predicted molar refractivity (Wildman–Crippen MR) is 87.2 cm³/mol. The molecule has 2 heterocycles. The van der Waals surface area contributed by atoms with E-state index in [4.69, 9.17) is 29.2 Å². The first-order chi connectivity index (χ1) is 15.3. The fraction of sp³-hybridized carbons (Fsp3) is 0.625. The van der Waals surface area contributed by atoms with Crippen LogP contribution in [0.5, 0.6) is 0 Å². The summed E-state index contributed by atoms with van der Waals surface area (Å²) in [5.74, 6) is -4.05. The van der Waals surface area contributed by atoms with Crippen molar-refractivity contribution in [3.05, 3.63) is 12.4 Å². The summed E-state index contributed by atoms with van der Waals surface area (Å²) in [6.07, 6.45) is -4.60. The lowest BCUT2D eigenvalue weighted by Gasteiger charge is -2.44. The standard InChI is InChI=1S/C16H21N3O9/c1-8(20)24-7-12-13(25-9(2)21)14(26-10(3)22)15(27-11(4)23)16(28-12)19-6-5-17-18-19/h5-6,12-16H,7H2,1-4H3/t12-,13+,14+,15-,16?/m1/s1/i1D,2D,3D,4D. The van der Waals surface area contributed by atoms with Crippen molar-refractivity contribution in [1.29, 1.82) is 0 Å². The second kappa shape index (κ2) is 9.26. The number of esters is 4. The highest BCUT2D eigenvalue weighted by atomic mass is 16.7. The topological polar surface area (TPSA) is 145 Å². The number of aromatic nitrogens is 3. The monoisotopic (exact) mass is 403 g/mol. The van der Waals surface area contributed by atoms with Crippen molar-refractivity contribution in [1.82, 2.24) is 15.0 Å². The molecule has 0 aromatic carbocycles. The van der Waals surface area contributed by atoms with Gasteiger partial charge in [-0.2, -0.15) is 0 Å². The molecule has 154 valence electrons. The van der Waals surface area contributed by atoms with Gasteiger partial charge in [0, 0.05) is 39.3 Å². The molecule has 1 aliphatic rings. The molecule has 12 heteroatoms. The van der Waals surface area contributed by atoms with Crippen LogP contribution in [0.15, 0.2) is 12.4 Å². The molecule has 1 saturated heterocycles. The van der Waals surface area contributed by atoms with Gasteiger partial charge in [-0.25, -0.2) is 4.68 Å². The Hall–Kier alpha value is -3.02. The number of carbonyl (C=O) groups is 4. The van der Waals surface area contributed by atoms with Crippen LogP contribution in [0.25, 0.3) is 0 Å². The summed E-state index contributed by atoms with van der Waals surface area (Å²) in [7, 11) is 0. The molecular formula is C16H21N3O9. The molecule has 0 N–H and O–H groups in total. The maximum atomic E-state index is 11.9. The Morgan fingerprint density at radius 1 is 0.964 bits per heavy atom. The van der Waals surface area contributed by atoms with Crippen molar-refractivity contribution in [3.63, 3.8) is 0 Å². The highest BCUT2D eigenvalue weighted by molar-refractivity contribution is 5.68. The zero-order valence-corrected chi connectivity index (χ0v) is 14.6. The lowest BCUT2D eigenvalue weighted by molar-refractivity contribution is -0.270. The molecule has 1 fully saturated rings. The maximum Gasteiger partial charge on any atom is 0.303 e. The quantitative estimate of drug-likeness (QED) is 0.449. The van der Waals surface area contributed by atoms with E-state index in [0.29, 0.717) is 0 Å². The normalized spacial score (nSPS) is 28.6. The highest BCUT2D eigenvalue weighted by Gasteiger charge is 2.53. The van der Waals surface area contributed by atoms with Crippen LogP contribution in [0, 0.1) is 0 Å². The van der Waals surface area contributed by atoms with Gasteiger partial charge in [0.2, 0.25) is 0 Å². The van der Waals surface area contributed by atoms with Crippen molar-refractivity contribution in [2.75, 3.05) is 6.61 Å². The fourth-order valence-electron chi connectivity index (χ4n) is 2.63. The average Bonchev–Trinajstić information content (AvgIpc) is 3.34. The molecule has 0 spiro atoms. The number of hydrogen-bond acceptors (Lipinski definition) is 11. The minimum absolute atomic E-state index is 0.549. The van der Waals surface area contributed by atoms with E-state index in [1.807, 2.05) is 0 Å². The van der Waals surface area contributed by atoms with Gasteiger partial charge < -0.3 is 23.7 Å². The van der Waals surface area contributed by atoms with E-state index in [2.05, 4.69) is 10.3 Å². The van der Waals surface area contributed by atoms with Gasteiger partial charge in [0.05, 0.1) is 6.20 Å². The number of hydrogen-bond donors (Lipinski definition) is 0. The molecule has 1 aromatic heterocycles.